The molecule has 5 aliphatic rings. The van der Waals surface area contributed by atoms with Crippen LogP contribution in [0.1, 0.15) is 53.6 Å². The van der Waals surface area contributed by atoms with Gasteiger partial charge in [0.1, 0.15) is 17.3 Å². The molecule has 1 aliphatic heterocycles. The molecule has 0 radical (unpaired) electrons. The van der Waals surface area contributed by atoms with E-state index >= 15 is 0 Å². The standard InChI is InChI=1S/C32H44N4O6/c1-34(2)26-18(14-36(5)13-16-8-6-7-9-16)12-22(37)24-19(26)10-17-11-20-27(35(3)4)29(39)25(31(33)41)21-15-42-32(20,21)30(40)23(17)28(24)38/h12,16-17,20-21,23,25,27,37H,6-11,13-15H2,1-5H3,(H2,33,41). The van der Waals surface area contributed by atoms with E-state index in [2.05, 4.69) is 11.9 Å². The summed E-state index contributed by atoms with van der Waals surface area (Å²) in [6.07, 6.45) is 5.91. The van der Waals surface area contributed by atoms with Crippen LogP contribution in [0.3, 0.4) is 0 Å². The van der Waals surface area contributed by atoms with Crippen molar-refractivity contribution in [2.45, 2.75) is 56.7 Å². The van der Waals surface area contributed by atoms with Crippen molar-refractivity contribution in [2.75, 3.05) is 53.3 Å². The van der Waals surface area contributed by atoms with Gasteiger partial charge in [-0.15, -0.1) is 0 Å². The number of rotatable bonds is 7. The molecule has 7 unspecified atom stereocenters. The number of carbonyl (C=O) groups excluding carboxylic acids is 4. The molecule has 10 heteroatoms. The van der Waals surface area contributed by atoms with Crippen LogP contribution in [0.25, 0.3) is 0 Å². The molecule has 7 atom stereocenters. The Hall–Kier alpha value is -2.82. The van der Waals surface area contributed by atoms with Crippen molar-refractivity contribution in [3.8, 4) is 5.75 Å². The Morgan fingerprint density at radius 3 is 2.36 bits per heavy atom. The lowest BCUT2D eigenvalue weighted by molar-refractivity contribution is -0.266. The minimum atomic E-state index is -1.40. The summed E-state index contributed by atoms with van der Waals surface area (Å²) in [6.45, 7) is 1.71. The third-order valence-electron chi connectivity index (χ3n) is 10.9. The zero-order chi connectivity index (χ0) is 30.2. The summed E-state index contributed by atoms with van der Waals surface area (Å²) in [4.78, 5) is 60.8. The van der Waals surface area contributed by atoms with Gasteiger partial charge in [-0.3, -0.25) is 24.1 Å². The molecule has 4 fully saturated rings. The highest BCUT2D eigenvalue weighted by Crippen LogP contribution is 2.59. The van der Waals surface area contributed by atoms with Crippen LogP contribution in [0.4, 0.5) is 5.69 Å². The molecule has 1 aromatic rings. The van der Waals surface area contributed by atoms with E-state index in [-0.39, 0.29) is 35.4 Å². The van der Waals surface area contributed by atoms with Gasteiger partial charge in [-0.2, -0.15) is 0 Å². The van der Waals surface area contributed by atoms with Crippen LogP contribution in [0.2, 0.25) is 0 Å². The Bertz CT molecular complexity index is 1340. The number of hydrogen-bond acceptors (Lipinski definition) is 9. The topological polar surface area (TPSA) is 133 Å². The van der Waals surface area contributed by atoms with Crippen LogP contribution in [0, 0.1) is 35.5 Å². The largest absolute Gasteiger partial charge is 0.507 e. The quantitative estimate of drug-likeness (QED) is 0.462. The molecule has 10 nitrogen and oxygen atoms in total. The molecule has 1 heterocycles. The first-order valence-electron chi connectivity index (χ1n) is 15.3. The second kappa shape index (κ2) is 10.4. The van der Waals surface area contributed by atoms with Crippen LogP contribution in [-0.2, 0) is 32.1 Å². The molecule has 228 valence electrons. The fourth-order valence-corrected chi connectivity index (χ4v) is 9.38. The lowest BCUT2D eigenvalue weighted by Crippen LogP contribution is -2.79. The fourth-order valence-electron chi connectivity index (χ4n) is 9.38. The van der Waals surface area contributed by atoms with Crippen molar-refractivity contribution in [2.24, 2.45) is 41.2 Å². The Morgan fingerprint density at radius 1 is 1.10 bits per heavy atom. The average molecular weight is 581 g/mol. The Labute approximate surface area is 247 Å². The van der Waals surface area contributed by atoms with Crippen LogP contribution in [0.15, 0.2) is 6.07 Å². The van der Waals surface area contributed by atoms with Gasteiger partial charge in [0.25, 0.3) is 0 Å². The zero-order valence-electron chi connectivity index (χ0n) is 25.4. The van der Waals surface area contributed by atoms with E-state index in [0.29, 0.717) is 25.3 Å². The number of nitrogens with zero attached hydrogens (tertiary/aromatic N) is 3. The van der Waals surface area contributed by atoms with E-state index in [1.54, 1.807) is 25.1 Å². The van der Waals surface area contributed by atoms with Crippen LogP contribution in [0.5, 0.6) is 5.75 Å². The first-order chi connectivity index (χ1) is 19.9. The van der Waals surface area contributed by atoms with Gasteiger partial charge in [-0.25, -0.2) is 0 Å². The molecule has 1 saturated heterocycles. The number of anilines is 1. The molecule has 4 aliphatic carbocycles. The molecule has 6 rings (SSSR count). The van der Waals surface area contributed by atoms with Crippen molar-refractivity contribution in [3.05, 3.63) is 22.8 Å². The number of benzene rings is 1. The van der Waals surface area contributed by atoms with E-state index in [1.807, 2.05) is 19.0 Å². The number of carbonyl (C=O) groups is 4. The lowest BCUT2D eigenvalue weighted by Gasteiger charge is -2.63. The second-order valence-electron chi connectivity index (χ2n) is 13.9. The van der Waals surface area contributed by atoms with E-state index in [1.165, 1.54) is 25.7 Å². The minimum absolute atomic E-state index is 0.0810. The monoisotopic (exact) mass is 580 g/mol. The number of phenolic OH excluding ortho intramolecular Hbond substituents is 1. The number of ketones is 3. The van der Waals surface area contributed by atoms with E-state index in [9.17, 15) is 24.3 Å². The number of phenols is 1. The number of nitrogens with two attached hydrogens (primary N) is 1. The predicted molar refractivity (Wildman–Crippen MR) is 156 cm³/mol. The Morgan fingerprint density at radius 2 is 1.79 bits per heavy atom. The van der Waals surface area contributed by atoms with Gasteiger partial charge in [0.05, 0.1) is 24.1 Å². The highest BCUT2D eigenvalue weighted by Gasteiger charge is 2.74. The van der Waals surface area contributed by atoms with Gasteiger partial charge < -0.3 is 25.4 Å². The highest BCUT2D eigenvalue weighted by molar-refractivity contribution is 6.18. The molecular weight excluding hydrogens is 536 g/mol. The smallest absolute Gasteiger partial charge is 0.228 e. The molecule has 0 bridgehead atoms. The van der Waals surface area contributed by atoms with Crippen molar-refractivity contribution in [3.63, 3.8) is 0 Å². The van der Waals surface area contributed by atoms with Gasteiger partial charge in [0.2, 0.25) is 5.91 Å². The van der Waals surface area contributed by atoms with Crippen molar-refractivity contribution in [1.82, 2.24) is 9.80 Å². The Balaban J connectivity index is 1.39. The second-order valence-corrected chi connectivity index (χ2v) is 13.9. The minimum Gasteiger partial charge on any atom is -0.507 e. The van der Waals surface area contributed by atoms with Crippen LogP contribution >= 0.6 is 0 Å². The maximum Gasteiger partial charge on any atom is 0.228 e. The summed E-state index contributed by atoms with van der Waals surface area (Å²) in [6, 6.07) is 0.969. The molecule has 1 spiro atoms. The van der Waals surface area contributed by atoms with Gasteiger partial charge in [0.15, 0.2) is 17.3 Å². The number of fused-ring (bicyclic) bond motifs is 2. The maximum atomic E-state index is 14.4. The highest BCUT2D eigenvalue weighted by atomic mass is 16.5. The summed E-state index contributed by atoms with van der Waals surface area (Å²) in [5.74, 6) is -4.84. The number of hydrogen-bond donors (Lipinski definition) is 2. The predicted octanol–water partition coefficient (Wildman–Crippen LogP) is 1.64. The summed E-state index contributed by atoms with van der Waals surface area (Å²) in [5.41, 5.74) is 7.14. The number of amides is 1. The van der Waals surface area contributed by atoms with Crippen molar-refractivity contribution >= 4 is 28.9 Å². The van der Waals surface area contributed by atoms with E-state index in [0.717, 1.165) is 23.4 Å². The van der Waals surface area contributed by atoms with Gasteiger partial charge in [-0.1, -0.05) is 12.8 Å². The molecular formula is C32H44N4O6. The number of aromatic hydroxyl groups is 1. The number of likely N-dealkylation sites (N-methyl/N-ethyl adjacent to an activating group) is 1. The third kappa shape index (κ3) is 4.16. The molecule has 42 heavy (non-hydrogen) atoms. The molecule has 0 aromatic heterocycles. The molecule has 1 amide bonds. The summed E-state index contributed by atoms with van der Waals surface area (Å²) in [5, 5.41) is 11.3. The lowest BCUT2D eigenvalue weighted by atomic mass is 9.47. The van der Waals surface area contributed by atoms with Gasteiger partial charge in [0, 0.05) is 44.7 Å². The van der Waals surface area contributed by atoms with Crippen molar-refractivity contribution < 1.29 is 29.0 Å². The van der Waals surface area contributed by atoms with E-state index in [4.69, 9.17) is 10.5 Å². The van der Waals surface area contributed by atoms with Gasteiger partial charge >= 0.3 is 0 Å². The number of Topliss-reactive ketones (excluding diaryl/α,β-unsaturated/α-hetero) is 3. The normalized spacial score (nSPS) is 34.1. The van der Waals surface area contributed by atoms with E-state index < -0.39 is 47.0 Å². The molecule has 3 saturated carbocycles. The summed E-state index contributed by atoms with van der Waals surface area (Å²) < 4.78 is 6.08. The molecule has 3 N–H and O–H groups in total. The van der Waals surface area contributed by atoms with Crippen LogP contribution in [-0.4, -0.2) is 98.2 Å². The number of ether oxygens (including phenoxy) is 1. The SMILES string of the molecule is CN(Cc1cc(O)c2c(c1N(C)C)CC1CC3C(N(C)C)C(=O)C(C(N)=O)C4COC43C(=O)C1C2=O)CC1CCCC1. The first kappa shape index (κ1) is 29.3. The zero-order valence-corrected chi connectivity index (χ0v) is 25.4. The number of primary amides is 1. The molecule has 1 aromatic carbocycles. The van der Waals surface area contributed by atoms with Crippen molar-refractivity contribution in [1.29, 1.82) is 0 Å². The van der Waals surface area contributed by atoms with Gasteiger partial charge in [-0.05, 0) is 75.9 Å². The maximum absolute atomic E-state index is 14.4. The Kier molecular flexibility index (Phi) is 7.26. The van der Waals surface area contributed by atoms with Crippen LogP contribution < -0.4 is 10.6 Å². The summed E-state index contributed by atoms with van der Waals surface area (Å²) in [7, 11) is 9.53. The summed E-state index contributed by atoms with van der Waals surface area (Å²) >= 11 is 0. The fraction of sp³-hybridized carbons (Fsp3) is 0.688. The first-order valence-corrected chi connectivity index (χ1v) is 15.3. The third-order valence-corrected chi connectivity index (χ3v) is 10.9. The average Bonchev–Trinajstić information content (AvgIpc) is 3.37.